The Morgan fingerprint density at radius 2 is 2.12 bits per heavy atom. The van der Waals surface area contributed by atoms with Gasteiger partial charge in [0.1, 0.15) is 11.8 Å². The molecule has 0 amide bonds. The van der Waals surface area contributed by atoms with Gasteiger partial charge in [-0.3, -0.25) is 0 Å². The molecule has 0 unspecified atom stereocenters. The van der Waals surface area contributed by atoms with Crippen LogP contribution >= 0.6 is 25.3 Å². The number of hydrogen-bond donors (Lipinski definition) is 2. The summed E-state index contributed by atoms with van der Waals surface area (Å²) in [6, 6.07) is 7.67. The van der Waals surface area contributed by atoms with Gasteiger partial charge in [0.25, 0.3) is 0 Å². The van der Waals surface area contributed by atoms with Gasteiger partial charge in [0.15, 0.2) is 0 Å². The number of hydrogen-bond acceptors (Lipinski definition) is 4. The first-order valence-corrected chi connectivity index (χ1v) is 5.75. The lowest BCUT2D eigenvalue weighted by Gasteiger charge is -2.09. The summed E-state index contributed by atoms with van der Waals surface area (Å²) in [6.07, 6.45) is 0. The molecule has 0 saturated carbocycles. The van der Waals surface area contributed by atoms with Crippen LogP contribution in [-0.2, 0) is 0 Å². The topological polar surface area (TPSA) is 33.0 Å². The van der Waals surface area contributed by atoms with Crippen molar-refractivity contribution >= 4 is 30.2 Å². The number of nitrogens with zero attached hydrogens (tertiary/aromatic N) is 1. The van der Waals surface area contributed by atoms with Crippen LogP contribution in [0.1, 0.15) is 18.1 Å². The van der Waals surface area contributed by atoms with Gasteiger partial charge >= 0.3 is 0 Å². The molecule has 16 heavy (non-hydrogen) atoms. The number of rotatable bonds is 3. The maximum atomic E-state index is 8.77. The second-order valence-electron chi connectivity index (χ2n) is 3.22. The van der Waals surface area contributed by atoms with Crippen molar-refractivity contribution in [3.63, 3.8) is 0 Å². The highest BCUT2D eigenvalue weighted by Crippen LogP contribution is 2.30. The molecule has 84 valence electrons. The zero-order valence-electron chi connectivity index (χ0n) is 9.19. The van der Waals surface area contributed by atoms with E-state index < -0.39 is 0 Å². The van der Waals surface area contributed by atoms with E-state index in [1.54, 1.807) is 0 Å². The third-order valence-electron chi connectivity index (χ3n) is 2.11. The lowest BCUT2D eigenvalue weighted by molar-refractivity contribution is 0.340. The normalized spacial score (nSPS) is 11.7. The summed E-state index contributed by atoms with van der Waals surface area (Å²) in [6.45, 7) is 4.50. The standard InChI is InChI=1S/C12H13NOS2/c1-3-14-9-5-4-8(2)10(6-9)12(16)11(15)7-13/h4-6,15-16H,3H2,1-2H3. The van der Waals surface area contributed by atoms with Gasteiger partial charge < -0.3 is 4.74 Å². The molecule has 4 heteroatoms. The molecule has 1 rings (SSSR count). The Hall–Kier alpha value is -1.05. The molecule has 2 nitrogen and oxygen atoms in total. The van der Waals surface area contributed by atoms with E-state index in [2.05, 4.69) is 25.3 Å². The Labute approximate surface area is 107 Å². The highest BCUT2D eigenvalue weighted by atomic mass is 32.1. The van der Waals surface area contributed by atoms with Crippen LogP contribution in [0.5, 0.6) is 5.75 Å². The van der Waals surface area contributed by atoms with Crippen molar-refractivity contribution in [3.05, 3.63) is 34.2 Å². The van der Waals surface area contributed by atoms with Gasteiger partial charge in [0.2, 0.25) is 0 Å². The Bertz CT molecular complexity index is 461. The third kappa shape index (κ3) is 2.97. The average Bonchev–Trinajstić information content (AvgIpc) is 2.30. The fraction of sp³-hybridized carbons (Fsp3) is 0.250. The number of ether oxygens (including phenoxy) is 1. The fourth-order valence-corrected chi connectivity index (χ4v) is 1.70. The molecular formula is C12H13NOS2. The van der Waals surface area contributed by atoms with E-state index in [9.17, 15) is 0 Å². The van der Waals surface area contributed by atoms with Crippen LogP contribution in [0.25, 0.3) is 4.91 Å². The van der Waals surface area contributed by atoms with Crippen molar-refractivity contribution in [1.82, 2.24) is 0 Å². The first-order chi connectivity index (χ1) is 7.60. The highest BCUT2D eigenvalue weighted by molar-refractivity contribution is 7.93. The van der Waals surface area contributed by atoms with Gasteiger partial charge in [0, 0.05) is 4.91 Å². The second kappa shape index (κ2) is 5.88. The Balaban J connectivity index is 3.23. The molecule has 0 heterocycles. The largest absolute Gasteiger partial charge is 0.494 e. The van der Waals surface area contributed by atoms with Crippen LogP contribution in [0.2, 0.25) is 0 Å². The highest BCUT2D eigenvalue weighted by Gasteiger charge is 2.07. The molecule has 0 spiro atoms. The summed E-state index contributed by atoms with van der Waals surface area (Å²) in [5, 5.41) is 8.77. The molecule has 0 saturated heterocycles. The summed E-state index contributed by atoms with van der Waals surface area (Å²) < 4.78 is 5.40. The lowest BCUT2D eigenvalue weighted by atomic mass is 10.1. The number of nitriles is 1. The van der Waals surface area contributed by atoms with Crippen molar-refractivity contribution in [2.75, 3.05) is 6.61 Å². The molecule has 0 aliphatic rings. The predicted molar refractivity (Wildman–Crippen MR) is 72.9 cm³/mol. The number of thiol groups is 2. The molecule has 0 aromatic heterocycles. The van der Waals surface area contributed by atoms with E-state index in [1.165, 1.54) is 0 Å². The average molecular weight is 251 g/mol. The Morgan fingerprint density at radius 3 is 2.69 bits per heavy atom. The van der Waals surface area contributed by atoms with Crippen LogP contribution in [0.15, 0.2) is 23.1 Å². The van der Waals surface area contributed by atoms with Crippen LogP contribution in [-0.4, -0.2) is 6.61 Å². The van der Waals surface area contributed by atoms with Crippen molar-refractivity contribution in [2.24, 2.45) is 0 Å². The van der Waals surface area contributed by atoms with E-state index >= 15 is 0 Å². The van der Waals surface area contributed by atoms with E-state index in [4.69, 9.17) is 10.00 Å². The summed E-state index contributed by atoms with van der Waals surface area (Å²) in [5.74, 6) is 0.772. The minimum atomic E-state index is 0.306. The molecular weight excluding hydrogens is 238 g/mol. The minimum Gasteiger partial charge on any atom is -0.494 e. The second-order valence-corrected chi connectivity index (χ2v) is 4.11. The summed E-state index contributed by atoms with van der Waals surface area (Å²) >= 11 is 8.38. The molecule has 1 aromatic carbocycles. The zero-order valence-corrected chi connectivity index (χ0v) is 11.0. The van der Waals surface area contributed by atoms with Crippen molar-refractivity contribution in [1.29, 1.82) is 5.26 Å². The summed E-state index contributed by atoms with van der Waals surface area (Å²) in [7, 11) is 0. The fourth-order valence-electron chi connectivity index (χ4n) is 1.29. The smallest absolute Gasteiger partial charge is 0.119 e. The maximum absolute atomic E-state index is 8.77. The minimum absolute atomic E-state index is 0.306. The van der Waals surface area contributed by atoms with E-state index in [0.29, 0.717) is 16.4 Å². The predicted octanol–water partition coefficient (Wildman–Crippen LogP) is 3.45. The van der Waals surface area contributed by atoms with Gasteiger partial charge in [-0.25, -0.2) is 0 Å². The molecule has 0 fully saturated rings. The van der Waals surface area contributed by atoms with Crippen molar-refractivity contribution in [3.8, 4) is 11.8 Å². The molecule has 1 aromatic rings. The summed E-state index contributed by atoms with van der Waals surface area (Å²) in [5.41, 5.74) is 1.91. The Kier molecular flexibility index (Phi) is 4.78. The number of aryl methyl sites for hydroxylation is 1. The lowest BCUT2D eigenvalue weighted by Crippen LogP contribution is -1.93. The van der Waals surface area contributed by atoms with Gasteiger partial charge in [-0.2, -0.15) is 5.26 Å². The van der Waals surface area contributed by atoms with Gasteiger partial charge in [-0.05, 0) is 37.1 Å². The number of allylic oxidation sites excluding steroid dienone is 1. The van der Waals surface area contributed by atoms with E-state index in [-0.39, 0.29) is 0 Å². The van der Waals surface area contributed by atoms with Gasteiger partial charge in [-0.1, -0.05) is 6.07 Å². The molecule has 0 aliphatic carbocycles. The van der Waals surface area contributed by atoms with Gasteiger partial charge in [-0.15, -0.1) is 25.3 Å². The first kappa shape index (κ1) is 13.0. The quantitative estimate of drug-likeness (QED) is 0.637. The summed E-state index contributed by atoms with van der Waals surface area (Å²) in [4.78, 5) is 0.880. The number of benzene rings is 1. The van der Waals surface area contributed by atoms with E-state index in [1.807, 2.05) is 38.1 Å². The van der Waals surface area contributed by atoms with Crippen molar-refractivity contribution < 1.29 is 4.74 Å². The molecule has 0 atom stereocenters. The van der Waals surface area contributed by atoms with Crippen LogP contribution in [0.4, 0.5) is 0 Å². The van der Waals surface area contributed by atoms with Crippen molar-refractivity contribution in [2.45, 2.75) is 13.8 Å². The zero-order chi connectivity index (χ0) is 12.1. The maximum Gasteiger partial charge on any atom is 0.119 e. The molecule has 0 radical (unpaired) electrons. The molecule has 0 N–H and O–H groups in total. The first-order valence-electron chi connectivity index (χ1n) is 4.86. The SMILES string of the molecule is CCOc1ccc(C)c(C(S)=C(S)C#N)c1. The monoisotopic (exact) mass is 251 g/mol. The molecule has 0 bridgehead atoms. The Morgan fingerprint density at radius 1 is 1.44 bits per heavy atom. The van der Waals surface area contributed by atoms with E-state index in [0.717, 1.165) is 16.9 Å². The molecule has 0 aliphatic heterocycles. The van der Waals surface area contributed by atoms with Crippen LogP contribution < -0.4 is 4.74 Å². The van der Waals surface area contributed by atoms with Gasteiger partial charge in [0.05, 0.1) is 11.5 Å². The van der Waals surface area contributed by atoms with Crippen LogP contribution in [0.3, 0.4) is 0 Å². The van der Waals surface area contributed by atoms with Crippen LogP contribution in [0, 0.1) is 18.3 Å². The third-order valence-corrected chi connectivity index (χ3v) is 3.07.